The Morgan fingerprint density at radius 1 is 1.33 bits per heavy atom. The Morgan fingerprint density at radius 3 is 2.33 bits per heavy atom. The molecule has 3 nitrogen and oxygen atoms in total. The van der Waals surface area contributed by atoms with Crippen LogP contribution in [0.2, 0.25) is 0 Å². The molecular formula is C9H21N2O+. The molecule has 0 radical (unpaired) electrons. The lowest BCUT2D eigenvalue weighted by Crippen LogP contribution is -2.48. The van der Waals surface area contributed by atoms with E-state index in [1.165, 1.54) is 0 Å². The first-order valence-corrected chi connectivity index (χ1v) is 4.60. The molecule has 0 aromatic rings. The minimum Gasteiger partial charge on any atom is -0.311 e. The highest BCUT2D eigenvalue weighted by Gasteiger charge is 2.13. The maximum Gasteiger partial charge on any atom is 0.223 e. The molecule has 0 atom stereocenters. The van der Waals surface area contributed by atoms with E-state index in [1.54, 1.807) is 0 Å². The summed E-state index contributed by atoms with van der Waals surface area (Å²) in [4.78, 5) is 10.9. The first kappa shape index (κ1) is 11.4. The molecule has 0 rings (SSSR count). The fraction of sp³-hybridized carbons (Fsp3) is 0.889. The molecule has 0 aliphatic rings. The fourth-order valence-electron chi connectivity index (χ4n) is 1.11. The fourth-order valence-corrected chi connectivity index (χ4v) is 1.11. The van der Waals surface area contributed by atoms with Crippen molar-refractivity contribution >= 4 is 5.91 Å². The van der Waals surface area contributed by atoms with Gasteiger partial charge in [0.05, 0.1) is 20.6 Å². The van der Waals surface area contributed by atoms with Crippen LogP contribution < -0.4 is 5.32 Å². The topological polar surface area (TPSA) is 29.1 Å². The van der Waals surface area contributed by atoms with Crippen molar-refractivity contribution < 1.29 is 9.28 Å². The molecule has 0 saturated carbocycles. The van der Waals surface area contributed by atoms with Gasteiger partial charge in [-0.15, -0.1) is 0 Å². The summed E-state index contributed by atoms with van der Waals surface area (Å²) >= 11 is 0. The molecule has 72 valence electrons. The van der Waals surface area contributed by atoms with Crippen molar-refractivity contribution in [3.63, 3.8) is 0 Å². The lowest BCUT2D eigenvalue weighted by molar-refractivity contribution is -0.892. The molecule has 0 aliphatic carbocycles. The first-order valence-electron chi connectivity index (χ1n) is 4.60. The predicted molar refractivity (Wildman–Crippen MR) is 50.6 cm³/mol. The maximum absolute atomic E-state index is 10.9. The second-order valence-corrected chi connectivity index (χ2v) is 3.77. The van der Waals surface area contributed by atoms with Gasteiger partial charge >= 0.3 is 0 Å². The number of amides is 1. The predicted octanol–water partition coefficient (Wildman–Crippen LogP) is 0.956. The molecule has 12 heavy (non-hydrogen) atoms. The Labute approximate surface area is 75.3 Å². The summed E-state index contributed by atoms with van der Waals surface area (Å²) in [5, 5.41) is 2.89. The molecule has 1 amide bonds. The summed E-state index contributed by atoms with van der Waals surface area (Å²) in [5.41, 5.74) is 0. The number of quaternary nitrogens is 1. The highest BCUT2D eigenvalue weighted by molar-refractivity contribution is 5.75. The van der Waals surface area contributed by atoms with Gasteiger partial charge in [-0.1, -0.05) is 13.8 Å². The number of carbonyl (C=O) groups is 1. The van der Waals surface area contributed by atoms with Gasteiger partial charge in [-0.2, -0.15) is 0 Å². The quantitative estimate of drug-likeness (QED) is 0.487. The standard InChI is InChI=1S/C9H20N2O/c1-5-7-11(3,4)8-10-9(12)6-2/h5-8H2,1-4H3/p+1. The van der Waals surface area contributed by atoms with Crippen LogP contribution in [0.3, 0.4) is 0 Å². The number of nitrogens with zero attached hydrogens (tertiary/aromatic N) is 1. The lowest BCUT2D eigenvalue weighted by atomic mass is 10.4. The Morgan fingerprint density at radius 2 is 1.92 bits per heavy atom. The van der Waals surface area contributed by atoms with Crippen LogP contribution in [0, 0.1) is 0 Å². The van der Waals surface area contributed by atoms with Crippen LogP contribution in [0.1, 0.15) is 26.7 Å². The molecular weight excluding hydrogens is 152 g/mol. The average molecular weight is 173 g/mol. The Balaban J connectivity index is 3.67. The van der Waals surface area contributed by atoms with Gasteiger partial charge in [0.1, 0.15) is 0 Å². The first-order chi connectivity index (χ1) is 5.52. The van der Waals surface area contributed by atoms with Gasteiger partial charge in [0, 0.05) is 6.42 Å². The van der Waals surface area contributed by atoms with E-state index in [0.717, 1.165) is 24.1 Å². The molecule has 0 fully saturated rings. The van der Waals surface area contributed by atoms with E-state index in [0.29, 0.717) is 6.42 Å². The zero-order valence-corrected chi connectivity index (χ0v) is 8.68. The Hall–Kier alpha value is -0.570. The molecule has 0 unspecified atom stereocenters. The van der Waals surface area contributed by atoms with E-state index in [2.05, 4.69) is 26.3 Å². The third kappa shape index (κ3) is 5.13. The molecule has 3 heteroatoms. The van der Waals surface area contributed by atoms with Crippen LogP contribution in [-0.4, -0.2) is 37.7 Å². The van der Waals surface area contributed by atoms with Gasteiger partial charge < -0.3 is 9.80 Å². The molecule has 0 heterocycles. The van der Waals surface area contributed by atoms with Gasteiger partial charge in [-0.3, -0.25) is 4.79 Å². The average Bonchev–Trinajstić information content (AvgIpc) is 2.00. The maximum atomic E-state index is 10.9. The minimum atomic E-state index is 0.136. The van der Waals surface area contributed by atoms with E-state index >= 15 is 0 Å². The van der Waals surface area contributed by atoms with E-state index in [-0.39, 0.29) is 5.91 Å². The van der Waals surface area contributed by atoms with Crippen molar-refractivity contribution in [2.45, 2.75) is 26.7 Å². The third-order valence-electron chi connectivity index (χ3n) is 1.85. The number of nitrogens with one attached hydrogen (secondary N) is 1. The molecule has 0 spiro atoms. The van der Waals surface area contributed by atoms with Crippen molar-refractivity contribution in [3.05, 3.63) is 0 Å². The molecule has 0 bridgehead atoms. The Kier molecular flexibility index (Phi) is 4.90. The van der Waals surface area contributed by atoms with Crippen LogP contribution in [0.15, 0.2) is 0 Å². The Bertz CT molecular complexity index is 143. The van der Waals surface area contributed by atoms with Gasteiger partial charge in [-0.05, 0) is 6.42 Å². The summed E-state index contributed by atoms with van der Waals surface area (Å²) in [6.07, 6.45) is 1.72. The zero-order valence-electron chi connectivity index (χ0n) is 8.68. The SMILES string of the molecule is CCC[N+](C)(C)CNC(=O)CC. The normalized spacial score (nSPS) is 11.3. The van der Waals surface area contributed by atoms with Gasteiger partial charge in [-0.25, -0.2) is 0 Å². The van der Waals surface area contributed by atoms with Crippen molar-refractivity contribution in [2.24, 2.45) is 0 Å². The number of carbonyl (C=O) groups excluding carboxylic acids is 1. The van der Waals surface area contributed by atoms with Gasteiger partial charge in [0.2, 0.25) is 5.91 Å². The van der Waals surface area contributed by atoms with Gasteiger partial charge in [0.25, 0.3) is 0 Å². The van der Waals surface area contributed by atoms with Crippen LogP contribution in [0.25, 0.3) is 0 Å². The number of hydrogen-bond acceptors (Lipinski definition) is 1. The van der Waals surface area contributed by atoms with Crippen LogP contribution >= 0.6 is 0 Å². The lowest BCUT2D eigenvalue weighted by Gasteiger charge is -2.29. The molecule has 0 aromatic heterocycles. The van der Waals surface area contributed by atoms with E-state index in [1.807, 2.05) is 6.92 Å². The number of rotatable bonds is 5. The monoisotopic (exact) mass is 173 g/mol. The smallest absolute Gasteiger partial charge is 0.223 e. The molecule has 0 aliphatic heterocycles. The van der Waals surface area contributed by atoms with Crippen molar-refractivity contribution in [1.29, 1.82) is 0 Å². The summed E-state index contributed by atoms with van der Waals surface area (Å²) < 4.78 is 0.863. The second kappa shape index (κ2) is 5.14. The summed E-state index contributed by atoms with van der Waals surface area (Å²) in [6.45, 7) is 5.86. The third-order valence-corrected chi connectivity index (χ3v) is 1.85. The van der Waals surface area contributed by atoms with Crippen molar-refractivity contribution in [1.82, 2.24) is 5.32 Å². The zero-order chi connectivity index (χ0) is 9.61. The van der Waals surface area contributed by atoms with E-state index in [9.17, 15) is 4.79 Å². The van der Waals surface area contributed by atoms with Gasteiger partial charge in [0.15, 0.2) is 6.67 Å². The number of hydrogen-bond donors (Lipinski definition) is 1. The highest BCUT2D eigenvalue weighted by atomic mass is 16.1. The summed E-state index contributed by atoms with van der Waals surface area (Å²) in [6, 6.07) is 0. The van der Waals surface area contributed by atoms with Crippen molar-refractivity contribution in [2.75, 3.05) is 27.3 Å². The molecule has 0 saturated heterocycles. The minimum absolute atomic E-state index is 0.136. The molecule has 1 N–H and O–H groups in total. The van der Waals surface area contributed by atoms with Crippen molar-refractivity contribution in [3.8, 4) is 0 Å². The molecule has 0 aromatic carbocycles. The summed E-state index contributed by atoms with van der Waals surface area (Å²) in [7, 11) is 4.25. The van der Waals surface area contributed by atoms with Crippen LogP contribution in [0.4, 0.5) is 0 Å². The van der Waals surface area contributed by atoms with E-state index < -0.39 is 0 Å². The van der Waals surface area contributed by atoms with Crippen LogP contribution in [-0.2, 0) is 4.79 Å². The highest BCUT2D eigenvalue weighted by Crippen LogP contribution is 1.96. The van der Waals surface area contributed by atoms with Crippen LogP contribution in [0.5, 0.6) is 0 Å². The largest absolute Gasteiger partial charge is 0.311 e. The summed E-state index contributed by atoms with van der Waals surface area (Å²) in [5.74, 6) is 0.136. The second-order valence-electron chi connectivity index (χ2n) is 3.77. The van der Waals surface area contributed by atoms with E-state index in [4.69, 9.17) is 0 Å².